The molecule has 3 aliphatic rings. The molecular formula is C16H18N2OS. The maximum Gasteiger partial charge on any atom is 0.245 e. The first-order valence-corrected chi connectivity index (χ1v) is 8.17. The lowest BCUT2D eigenvalue weighted by Crippen LogP contribution is -2.39. The van der Waals surface area contributed by atoms with Crippen molar-refractivity contribution in [1.29, 1.82) is 0 Å². The smallest absolute Gasteiger partial charge is 0.245 e. The van der Waals surface area contributed by atoms with Crippen LogP contribution in [0.5, 0.6) is 0 Å². The van der Waals surface area contributed by atoms with Gasteiger partial charge < -0.3 is 4.74 Å². The second kappa shape index (κ2) is 4.55. The van der Waals surface area contributed by atoms with Gasteiger partial charge in [-0.1, -0.05) is 48.7 Å². The molecule has 1 aromatic rings. The van der Waals surface area contributed by atoms with Gasteiger partial charge in [0.1, 0.15) is 4.87 Å². The van der Waals surface area contributed by atoms with Crippen LogP contribution in [0.1, 0.15) is 43.2 Å². The van der Waals surface area contributed by atoms with E-state index in [0.717, 1.165) is 17.3 Å². The molecule has 20 heavy (non-hydrogen) atoms. The lowest BCUT2D eigenvalue weighted by Gasteiger charge is -2.37. The Morgan fingerprint density at radius 2 is 2.10 bits per heavy atom. The molecule has 0 aromatic heterocycles. The number of benzene rings is 1. The van der Waals surface area contributed by atoms with Crippen molar-refractivity contribution in [2.24, 2.45) is 5.10 Å². The molecule has 2 heterocycles. The van der Waals surface area contributed by atoms with Crippen molar-refractivity contribution in [1.82, 2.24) is 5.01 Å². The third-order valence-electron chi connectivity index (χ3n) is 4.27. The standard InChI is InChI=1S/C16H18N2OS/c1-12-6-5-7-13(10-12)15-17-18-14(19-15)11-20-16(18)8-3-2-4-9-16/h5-7,10-11H,2-4,8-9H2,1H3. The number of hydrazone groups is 1. The minimum absolute atomic E-state index is 0.124. The summed E-state index contributed by atoms with van der Waals surface area (Å²) in [5.41, 5.74) is 2.30. The van der Waals surface area contributed by atoms with Crippen molar-refractivity contribution in [2.75, 3.05) is 0 Å². The lowest BCUT2D eigenvalue weighted by atomic mass is 9.94. The first kappa shape index (κ1) is 12.3. The Labute approximate surface area is 123 Å². The molecule has 1 aliphatic carbocycles. The van der Waals surface area contributed by atoms with Gasteiger partial charge in [-0.2, -0.15) is 0 Å². The van der Waals surface area contributed by atoms with Crippen molar-refractivity contribution in [3.8, 4) is 0 Å². The molecule has 104 valence electrons. The molecule has 0 N–H and O–H groups in total. The van der Waals surface area contributed by atoms with Gasteiger partial charge in [-0.05, 0) is 31.9 Å². The fourth-order valence-electron chi connectivity index (χ4n) is 3.21. The van der Waals surface area contributed by atoms with E-state index in [4.69, 9.17) is 9.84 Å². The van der Waals surface area contributed by atoms with Crippen molar-refractivity contribution >= 4 is 17.7 Å². The Morgan fingerprint density at radius 1 is 1.25 bits per heavy atom. The number of aryl methyl sites for hydroxylation is 1. The number of fused-ring (bicyclic) bond motifs is 2. The fraction of sp³-hybridized carbons (Fsp3) is 0.438. The number of hydrogen-bond acceptors (Lipinski definition) is 4. The first-order valence-electron chi connectivity index (χ1n) is 7.29. The predicted molar refractivity (Wildman–Crippen MR) is 82.1 cm³/mol. The van der Waals surface area contributed by atoms with Gasteiger partial charge >= 0.3 is 0 Å². The molecule has 0 radical (unpaired) electrons. The molecule has 0 unspecified atom stereocenters. The molecule has 4 heteroatoms. The Balaban J connectivity index is 1.66. The monoisotopic (exact) mass is 286 g/mol. The van der Waals surface area contributed by atoms with Gasteiger partial charge in [0.25, 0.3) is 0 Å². The maximum absolute atomic E-state index is 5.97. The molecule has 4 rings (SSSR count). The van der Waals surface area contributed by atoms with Gasteiger partial charge in [-0.3, -0.25) is 0 Å². The summed E-state index contributed by atoms with van der Waals surface area (Å²) >= 11 is 1.89. The van der Waals surface area contributed by atoms with E-state index in [2.05, 4.69) is 41.6 Å². The number of nitrogens with zero attached hydrogens (tertiary/aromatic N) is 2. The predicted octanol–water partition coefficient (Wildman–Crippen LogP) is 4.19. The fourth-order valence-corrected chi connectivity index (χ4v) is 4.43. The quantitative estimate of drug-likeness (QED) is 0.773. The summed E-state index contributed by atoms with van der Waals surface area (Å²) in [6.07, 6.45) is 6.33. The molecule has 1 spiro atoms. The molecular weight excluding hydrogens is 268 g/mol. The van der Waals surface area contributed by atoms with E-state index in [1.807, 2.05) is 11.8 Å². The first-order chi connectivity index (χ1) is 9.77. The van der Waals surface area contributed by atoms with Crippen molar-refractivity contribution in [3.63, 3.8) is 0 Å². The molecule has 1 saturated carbocycles. The Hall–Kier alpha value is -1.42. The zero-order valence-electron chi connectivity index (χ0n) is 11.6. The normalized spacial score (nSPS) is 23.4. The summed E-state index contributed by atoms with van der Waals surface area (Å²) in [4.78, 5) is 0.124. The number of rotatable bonds is 1. The van der Waals surface area contributed by atoms with E-state index in [1.54, 1.807) is 0 Å². The van der Waals surface area contributed by atoms with E-state index in [1.165, 1.54) is 37.7 Å². The Morgan fingerprint density at radius 3 is 2.90 bits per heavy atom. The highest BCUT2D eigenvalue weighted by atomic mass is 32.2. The summed E-state index contributed by atoms with van der Waals surface area (Å²) in [6, 6.07) is 8.34. The molecule has 1 fully saturated rings. The third-order valence-corrected chi connectivity index (χ3v) is 5.61. The van der Waals surface area contributed by atoms with Gasteiger partial charge in [0.2, 0.25) is 11.8 Å². The molecule has 1 aromatic carbocycles. The van der Waals surface area contributed by atoms with E-state index < -0.39 is 0 Å². The van der Waals surface area contributed by atoms with Crippen LogP contribution in [-0.4, -0.2) is 15.8 Å². The maximum atomic E-state index is 5.97. The van der Waals surface area contributed by atoms with Crippen LogP contribution >= 0.6 is 11.8 Å². The number of hydrogen-bond donors (Lipinski definition) is 0. The van der Waals surface area contributed by atoms with Gasteiger partial charge in [0.15, 0.2) is 0 Å². The van der Waals surface area contributed by atoms with Crippen LogP contribution in [0.4, 0.5) is 0 Å². The minimum Gasteiger partial charge on any atom is -0.418 e. The Kier molecular flexibility index (Phi) is 2.81. The molecule has 2 aliphatic heterocycles. The zero-order chi connectivity index (χ0) is 13.6. The molecule has 0 atom stereocenters. The van der Waals surface area contributed by atoms with Crippen molar-refractivity contribution < 1.29 is 4.74 Å². The summed E-state index contributed by atoms with van der Waals surface area (Å²) < 4.78 is 5.97. The van der Waals surface area contributed by atoms with Gasteiger partial charge in [0, 0.05) is 11.0 Å². The third kappa shape index (κ3) is 1.85. The van der Waals surface area contributed by atoms with Crippen LogP contribution in [0.25, 0.3) is 0 Å². The molecule has 3 nitrogen and oxygen atoms in total. The van der Waals surface area contributed by atoms with Crippen LogP contribution in [0, 0.1) is 6.92 Å². The molecule has 0 saturated heterocycles. The van der Waals surface area contributed by atoms with E-state index in [0.29, 0.717) is 0 Å². The van der Waals surface area contributed by atoms with Crippen LogP contribution in [0.15, 0.2) is 40.7 Å². The largest absolute Gasteiger partial charge is 0.418 e. The lowest BCUT2D eigenvalue weighted by molar-refractivity contribution is 0.150. The average molecular weight is 286 g/mol. The molecule has 0 amide bonds. The number of ether oxygens (including phenoxy) is 1. The van der Waals surface area contributed by atoms with Gasteiger partial charge in [0.05, 0.1) is 0 Å². The summed E-state index contributed by atoms with van der Waals surface area (Å²) in [6.45, 7) is 2.10. The average Bonchev–Trinajstić information content (AvgIpc) is 3.02. The van der Waals surface area contributed by atoms with Crippen LogP contribution in [0.3, 0.4) is 0 Å². The summed E-state index contributed by atoms with van der Waals surface area (Å²) in [5.74, 6) is 1.65. The van der Waals surface area contributed by atoms with Gasteiger partial charge in [-0.15, -0.1) is 5.10 Å². The summed E-state index contributed by atoms with van der Waals surface area (Å²) in [7, 11) is 0. The second-order valence-corrected chi connectivity index (χ2v) is 7.00. The van der Waals surface area contributed by atoms with Gasteiger partial charge in [-0.25, -0.2) is 5.01 Å². The highest BCUT2D eigenvalue weighted by Crippen LogP contribution is 2.52. The van der Waals surface area contributed by atoms with Crippen molar-refractivity contribution in [3.05, 3.63) is 46.7 Å². The SMILES string of the molecule is Cc1cccc(C2=NN3C(=CSC34CCCCC4)O2)c1. The zero-order valence-corrected chi connectivity index (χ0v) is 12.4. The second-order valence-electron chi connectivity index (χ2n) is 5.77. The highest BCUT2D eigenvalue weighted by Gasteiger charge is 2.47. The van der Waals surface area contributed by atoms with Crippen LogP contribution in [0.2, 0.25) is 0 Å². The highest BCUT2D eigenvalue weighted by molar-refractivity contribution is 8.03. The molecule has 0 bridgehead atoms. The van der Waals surface area contributed by atoms with E-state index >= 15 is 0 Å². The van der Waals surface area contributed by atoms with Crippen LogP contribution in [-0.2, 0) is 4.74 Å². The van der Waals surface area contributed by atoms with Crippen LogP contribution < -0.4 is 0 Å². The Bertz CT molecular complexity index is 602. The van der Waals surface area contributed by atoms with Crippen molar-refractivity contribution in [2.45, 2.75) is 43.9 Å². The topological polar surface area (TPSA) is 24.8 Å². The number of thioether (sulfide) groups is 1. The minimum atomic E-state index is 0.124. The summed E-state index contributed by atoms with van der Waals surface area (Å²) in [5, 5.41) is 9.05. The van der Waals surface area contributed by atoms with E-state index in [-0.39, 0.29) is 4.87 Å². The van der Waals surface area contributed by atoms with E-state index in [9.17, 15) is 0 Å².